The molecule has 3 aliphatic heterocycles. The molecule has 1 aromatic heterocycles. The van der Waals surface area contributed by atoms with Crippen LogP contribution in [0.5, 0.6) is 0 Å². The third kappa shape index (κ3) is 7.79. The minimum Gasteiger partial charge on any atom is -0.458 e. The summed E-state index contributed by atoms with van der Waals surface area (Å²) < 4.78 is 36.9. The molecule has 3 fully saturated rings. The summed E-state index contributed by atoms with van der Waals surface area (Å²) in [6.45, 7) is 12.6. The lowest BCUT2D eigenvalue weighted by Crippen LogP contribution is -2.49. The highest BCUT2D eigenvalue weighted by molar-refractivity contribution is 7.87. The number of ether oxygens (including phenoxy) is 1. The maximum atomic E-state index is 13.9. The van der Waals surface area contributed by atoms with E-state index in [2.05, 4.69) is 9.88 Å². The Balaban J connectivity index is 1.66. The number of ketones is 1. The molecule has 0 amide bonds. The van der Waals surface area contributed by atoms with Gasteiger partial charge in [0, 0.05) is 56.0 Å². The van der Waals surface area contributed by atoms with Crippen molar-refractivity contribution < 1.29 is 33.0 Å². The molecule has 4 rings (SSSR count). The normalized spacial score (nSPS) is 35.6. The molecule has 0 aliphatic carbocycles. The second-order valence-electron chi connectivity index (χ2n) is 13.6. The van der Waals surface area contributed by atoms with Crippen LogP contribution < -0.4 is 0 Å². The third-order valence-electron chi connectivity index (χ3n) is 9.81. The van der Waals surface area contributed by atoms with E-state index in [1.54, 1.807) is 29.4 Å². The van der Waals surface area contributed by atoms with E-state index in [1.807, 2.05) is 39.3 Å². The average molecular weight is 655 g/mol. The van der Waals surface area contributed by atoms with Crippen LogP contribution >= 0.6 is 11.3 Å². The van der Waals surface area contributed by atoms with Gasteiger partial charge in [0.2, 0.25) is 0 Å². The molecule has 2 N–H and O–H groups in total. The molecule has 0 bridgehead atoms. The Bertz CT molecular complexity index is 1320. The van der Waals surface area contributed by atoms with E-state index in [0.29, 0.717) is 45.4 Å². The number of piperazine rings is 1. The Morgan fingerprint density at radius 2 is 1.77 bits per heavy atom. The number of nitrogens with zero attached hydrogens (tertiary/aromatic N) is 4. The number of Topliss-reactive ketones (excluding diaryl/α,β-unsaturated/α-hetero) is 1. The number of aliphatic hydroxyl groups is 2. The summed E-state index contributed by atoms with van der Waals surface area (Å²) in [6, 6.07) is -0.635. The molecule has 13 heteroatoms. The number of likely N-dealkylation sites (N-methyl/N-ethyl adjacent to an activating group) is 1. The molecule has 4 heterocycles. The average Bonchev–Trinajstić information content (AvgIpc) is 3.50. The zero-order valence-corrected chi connectivity index (χ0v) is 28.7. The number of aliphatic hydroxyl groups excluding tert-OH is 2. The molecule has 0 saturated carbocycles. The summed E-state index contributed by atoms with van der Waals surface area (Å²) >= 11 is 1.51. The molecule has 0 radical (unpaired) electrons. The van der Waals surface area contributed by atoms with Gasteiger partial charge in [-0.3, -0.25) is 9.59 Å². The standard InChI is InChI=1S/C31H50N4O7S2/c1-19-9-8-10-24-25(35(24)44(40,41)34-13-11-33(7)12-14-34)16-26(20(2)15-23-18-43-22(4)32-23)42-28(37)17-27(36)31(5,6)30(39)21(3)29(19)38/h15,18-19,21,24-27,29,36,38H,8-14,16-17H2,1-7H3/t19-,21+,24+,25?,26?,27-,29-,35?/m0/s1. The number of cyclic esters (lactones) is 1. The minimum absolute atomic E-state index is 0.209. The summed E-state index contributed by atoms with van der Waals surface area (Å²) in [7, 11) is -1.77. The predicted octanol–water partition coefficient (Wildman–Crippen LogP) is 2.87. The number of fused-ring (bicyclic) bond motifs is 1. The lowest BCUT2D eigenvalue weighted by atomic mass is 9.73. The SMILES string of the molecule is CC(=Cc1csc(C)n1)C1CC2[C@@H](CCC[C@H](C)[C@H](O)[C@@H](C)C(=O)C(C)(C)[C@@H](O)CC(=O)O1)N2S(=O)(=O)N1CCN(C)CC1. The first kappa shape index (κ1) is 35.1. The molecule has 8 atom stereocenters. The van der Waals surface area contributed by atoms with E-state index in [4.69, 9.17) is 4.74 Å². The van der Waals surface area contributed by atoms with Gasteiger partial charge in [0.15, 0.2) is 0 Å². The van der Waals surface area contributed by atoms with Gasteiger partial charge in [-0.2, -0.15) is 17.0 Å². The first-order valence-corrected chi connectivity index (χ1v) is 18.0. The number of aromatic nitrogens is 1. The molecule has 3 unspecified atom stereocenters. The number of rotatable bonds is 4. The fourth-order valence-corrected chi connectivity index (χ4v) is 9.11. The number of aryl methyl sites for hydroxylation is 1. The van der Waals surface area contributed by atoms with Gasteiger partial charge in [0.25, 0.3) is 10.2 Å². The van der Waals surface area contributed by atoms with Crippen LogP contribution in [0, 0.1) is 24.2 Å². The minimum atomic E-state index is -3.74. The largest absolute Gasteiger partial charge is 0.458 e. The van der Waals surface area contributed by atoms with Crippen molar-refractivity contribution in [2.24, 2.45) is 17.3 Å². The van der Waals surface area contributed by atoms with Crippen molar-refractivity contribution in [1.82, 2.24) is 18.5 Å². The van der Waals surface area contributed by atoms with E-state index in [9.17, 15) is 28.2 Å². The van der Waals surface area contributed by atoms with Crippen molar-refractivity contribution in [3.8, 4) is 0 Å². The van der Waals surface area contributed by atoms with Gasteiger partial charge in [-0.1, -0.05) is 34.1 Å². The van der Waals surface area contributed by atoms with E-state index in [-0.39, 0.29) is 30.2 Å². The summed E-state index contributed by atoms with van der Waals surface area (Å²) in [5, 5.41) is 24.9. The molecule has 248 valence electrons. The highest BCUT2D eigenvalue weighted by Gasteiger charge is 2.57. The maximum absolute atomic E-state index is 13.9. The molecule has 44 heavy (non-hydrogen) atoms. The van der Waals surface area contributed by atoms with Gasteiger partial charge in [0.1, 0.15) is 11.9 Å². The molecule has 0 spiro atoms. The second-order valence-corrected chi connectivity index (χ2v) is 16.5. The van der Waals surface area contributed by atoms with Crippen molar-refractivity contribution in [2.45, 2.75) is 104 Å². The predicted molar refractivity (Wildman–Crippen MR) is 170 cm³/mol. The topological polar surface area (TPSA) is 140 Å². The van der Waals surface area contributed by atoms with Crippen LogP contribution in [-0.2, 0) is 24.5 Å². The van der Waals surface area contributed by atoms with E-state index >= 15 is 0 Å². The summed E-state index contributed by atoms with van der Waals surface area (Å²) in [5.41, 5.74) is 0.169. The fourth-order valence-electron chi connectivity index (χ4n) is 6.54. The first-order chi connectivity index (χ1) is 20.5. The van der Waals surface area contributed by atoms with Crippen molar-refractivity contribution >= 4 is 39.4 Å². The highest BCUT2D eigenvalue weighted by Crippen LogP contribution is 2.42. The van der Waals surface area contributed by atoms with Crippen LogP contribution in [0.1, 0.15) is 77.4 Å². The monoisotopic (exact) mass is 654 g/mol. The zero-order valence-electron chi connectivity index (χ0n) is 27.1. The van der Waals surface area contributed by atoms with Crippen LogP contribution in [-0.4, -0.2) is 113 Å². The lowest BCUT2D eigenvalue weighted by molar-refractivity contribution is -0.154. The molecule has 3 aliphatic rings. The molecule has 1 aromatic rings. The molecule has 0 aromatic carbocycles. The Kier molecular flexibility index (Phi) is 11.1. The molecule has 3 saturated heterocycles. The summed E-state index contributed by atoms with van der Waals surface area (Å²) in [6.07, 6.45) is 0.586. The molecule has 11 nitrogen and oxygen atoms in total. The van der Waals surface area contributed by atoms with Crippen LogP contribution in [0.3, 0.4) is 0 Å². The van der Waals surface area contributed by atoms with Crippen LogP contribution in [0.2, 0.25) is 0 Å². The van der Waals surface area contributed by atoms with Crippen molar-refractivity contribution in [2.75, 3.05) is 33.2 Å². The first-order valence-electron chi connectivity index (χ1n) is 15.7. The quantitative estimate of drug-likeness (QED) is 0.371. The second kappa shape index (κ2) is 13.9. The number of carbonyl (C=O) groups is 2. The maximum Gasteiger partial charge on any atom is 0.309 e. The third-order valence-corrected chi connectivity index (χ3v) is 12.7. The van der Waals surface area contributed by atoms with Gasteiger partial charge >= 0.3 is 5.97 Å². The smallest absolute Gasteiger partial charge is 0.309 e. The molecular weight excluding hydrogens is 604 g/mol. The Labute approximate surface area is 266 Å². The van der Waals surface area contributed by atoms with Crippen molar-refractivity contribution in [1.29, 1.82) is 0 Å². The van der Waals surface area contributed by atoms with Gasteiger partial charge in [0.05, 0.1) is 34.7 Å². The lowest BCUT2D eigenvalue weighted by Gasteiger charge is -2.34. The summed E-state index contributed by atoms with van der Waals surface area (Å²) in [4.78, 5) is 33.3. The van der Waals surface area contributed by atoms with Crippen LogP contribution in [0.4, 0.5) is 0 Å². The molecular formula is C31H50N4O7S2. The van der Waals surface area contributed by atoms with E-state index in [0.717, 1.165) is 16.3 Å². The number of hydrogen-bond donors (Lipinski definition) is 2. The van der Waals surface area contributed by atoms with E-state index < -0.39 is 52.2 Å². The number of carbonyl (C=O) groups excluding carboxylic acids is 2. The van der Waals surface area contributed by atoms with Crippen LogP contribution in [0.25, 0.3) is 6.08 Å². The Morgan fingerprint density at radius 3 is 2.39 bits per heavy atom. The van der Waals surface area contributed by atoms with Gasteiger partial charge in [-0.15, -0.1) is 11.3 Å². The van der Waals surface area contributed by atoms with Crippen molar-refractivity contribution in [3.05, 3.63) is 21.7 Å². The van der Waals surface area contributed by atoms with Crippen LogP contribution in [0.15, 0.2) is 11.0 Å². The van der Waals surface area contributed by atoms with Gasteiger partial charge in [-0.05, 0) is 51.3 Å². The van der Waals surface area contributed by atoms with Crippen molar-refractivity contribution in [3.63, 3.8) is 0 Å². The Morgan fingerprint density at radius 1 is 1.11 bits per heavy atom. The Hall–Kier alpha value is -1.74. The van der Waals surface area contributed by atoms with Gasteiger partial charge < -0.3 is 19.8 Å². The number of thiazole rings is 1. The summed E-state index contributed by atoms with van der Waals surface area (Å²) in [5.74, 6) is -1.95. The highest BCUT2D eigenvalue weighted by atomic mass is 32.2. The fraction of sp³-hybridized carbons (Fsp3) is 0.774. The zero-order chi connectivity index (χ0) is 32.6. The number of hydrogen-bond acceptors (Lipinski definition) is 10. The van der Waals surface area contributed by atoms with Gasteiger partial charge in [-0.25, -0.2) is 4.98 Å². The van der Waals surface area contributed by atoms with E-state index in [1.165, 1.54) is 11.3 Å². The number of esters is 1.